The lowest BCUT2D eigenvalue weighted by molar-refractivity contribution is 0.493. The summed E-state index contributed by atoms with van der Waals surface area (Å²) < 4.78 is 0. The molecule has 0 fully saturated rings. The van der Waals surface area contributed by atoms with E-state index >= 15 is 0 Å². The molecule has 0 spiro atoms. The second-order valence-corrected chi connectivity index (χ2v) is 6.43. The second kappa shape index (κ2) is 7.01. The van der Waals surface area contributed by atoms with Crippen molar-refractivity contribution < 1.29 is 0 Å². The van der Waals surface area contributed by atoms with Gasteiger partial charge in [0.05, 0.1) is 5.03 Å². The number of H-pyrrole nitrogens is 1. The molecule has 0 saturated heterocycles. The van der Waals surface area contributed by atoms with E-state index in [1.165, 1.54) is 28.8 Å². The van der Waals surface area contributed by atoms with Crippen molar-refractivity contribution in [2.75, 3.05) is 6.54 Å². The van der Waals surface area contributed by atoms with Gasteiger partial charge in [-0.3, -0.25) is 0 Å². The third kappa shape index (κ3) is 3.77. The van der Waals surface area contributed by atoms with Gasteiger partial charge in [0.2, 0.25) is 0 Å². The van der Waals surface area contributed by atoms with Crippen molar-refractivity contribution in [2.45, 2.75) is 49.9 Å². The number of hydrogen-bond acceptors (Lipinski definition) is 2. The average Bonchev–Trinajstić information content (AvgIpc) is 2.81. The van der Waals surface area contributed by atoms with E-state index in [1.54, 1.807) is 0 Å². The molecule has 1 aromatic carbocycles. The Kier molecular flexibility index (Phi) is 5.34. The summed E-state index contributed by atoms with van der Waals surface area (Å²) in [5.74, 6) is 0. The first kappa shape index (κ1) is 14.5. The molecule has 2 atom stereocenters. The lowest BCUT2D eigenvalue weighted by atomic mass is 10.1. The topological polar surface area (TPSA) is 27.8 Å². The molecule has 1 aromatic heterocycles. The predicted molar refractivity (Wildman–Crippen MR) is 86.0 cm³/mol. The zero-order chi connectivity index (χ0) is 13.7. The summed E-state index contributed by atoms with van der Waals surface area (Å²) in [7, 11) is 0. The second-order valence-electron chi connectivity index (χ2n) is 5.01. The molecule has 0 radical (unpaired) electrons. The maximum absolute atomic E-state index is 3.64. The number of aromatic nitrogens is 1. The van der Waals surface area contributed by atoms with Crippen molar-refractivity contribution in [2.24, 2.45) is 0 Å². The minimum atomic E-state index is 0.574. The Morgan fingerprint density at radius 3 is 2.74 bits per heavy atom. The molecule has 0 saturated carbocycles. The summed E-state index contributed by atoms with van der Waals surface area (Å²) in [6, 6.07) is 11.3. The molecule has 0 aliphatic heterocycles. The molecule has 0 amide bonds. The summed E-state index contributed by atoms with van der Waals surface area (Å²) in [5, 5.41) is 6.78. The smallest absolute Gasteiger partial charge is 0.0735 e. The van der Waals surface area contributed by atoms with Gasteiger partial charge in [0.25, 0.3) is 0 Å². The summed E-state index contributed by atoms with van der Waals surface area (Å²) >= 11 is 1.93. The van der Waals surface area contributed by atoms with E-state index in [-0.39, 0.29) is 0 Å². The minimum absolute atomic E-state index is 0.574. The van der Waals surface area contributed by atoms with Crippen molar-refractivity contribution in [3.63, 3.8) is 0 Å². The van der Waals surface area contributed by atoms with Crippen molar-refractivity contribution >= 4 is 22.7 Å². The van der Waals surface area contributed by atoms with Gasteiger partial charge in [0.15, 0.2) is 0 Å². The lowest BCUT2D eigenvalue weighted by Gasteiger charge is -2.23. The summed E-state index contributed by atoms with van der Waals surface area (Å²) in [6.45, 7) is 7.90. The van der Waals surface area contributed by atoms with E-state index in [9.17, 15) is 0 Å². The van der Waals surface area contributed by atoms with Crippen LogP contribution in [0.1, 0.15) is 33.6 Å². The van der Waals surface area contributed by atoms with Crippen LogP contribution in [0.15, 0.2) is 35.4 Å². The molecule has 19 heavy (non-hydrogen) atoms. The third-order valence-corrected chi connectivity index (χ3v) is 4.66. The largest absolute Gasteiger partial charge is 0.350 e. The number of para-hydroxylation sites is 1. The first-order valence-electron chi connectivity index (χ1n) is 7.22. The Bertz CT molecular complexity index is 473. The van der Waals surface area contributed by atoms with E-state index < -0.39 is 0 Å². The molecule has 2 unspecified atom stereocenters. The van der Waals surface area contributed by atoms with E-state index in [1.807, 2.05) is 11.8 Å². The number of benzene rings is 1. The van der Waals surface area contributed by atoms with Crippen LogP contribution in [-0.4, -0.2) is 22.8 Å². The SMILES string of the molecule is CCCNC(CC)C(C)Sc1cc2ccccc2[nH]1. The molecule has 1 heterocycles. The standard InChI is InChI=1S/C16H24N2S/c1-4-10-17-14(5-2)12(3)19-16-11-13-8-6-7-9-15(13)18-16/h6-9,11-12,14,17-18H,4-5,10H2,1-3H3. The van der Waals surface area contributed by atoms with Gasteiger partial charge in [-0.15, -0.1) is 11.8 Å². The predicted octanol–water partition coefficient (Wildman–Crippen LogP) is 4.43. The van der Waals surface area contributed by atoms with Crippen LogP contribution >= 0.6 is 11.8 Å². The number of nitrogens with one attached hydrogen (secondary N) is 2. The number of aromatic amines is 1. The maximum atomic E-state index is 3.64. The molecule has 2 nitrogen and oxygen atoms in total. The van der Waals surface area contributed by atoms with Gasteiger partial charge in [-0.2, -0.15) is 0 Å². The van der Waals surface area contributed by atoms with E-state index in [0.717, 1.165) is 6.54 Å². The van der Waals surface area contributed by atoms with Gasteiger partial charge in [-0.25, -0.2) is 0 Å². The molecular formula is C16H24N2S. The Labute approximate surface area is 120 Å². The van der Waals surface area contributed by atoms with Crippen LogP contribution in [0.25, 0.3) is 10.9 Å². The molecule has 3 heteroatoms. The quantitative estimate of drug-likeness (QED) is 0.732. The van der Waals surface area contributed by atoms with Gasteiger partial charge in [-0.1, -0.05) is 39.0 Å². The molecule has 0 aliphatic rings. The van der Waals surface area contributed by atoms with E-state index in [2.05, 4.69) is 61.4 Å². The van der Waals surface area contributed by atoms with Crippen LogP contribution in [0.3, 0.4) is 0 Å². The van der Waals surface area contributed by atoms with E-state index in [4.69, 9.17) is 0 Å². The van der Waals surface area contributed by atoms with Crippen LogP contribution in [-0.2, 0) is 0 Å². The molecule has 0 bridgehead atoms. The Morgan fingerprint density at radius 1 is 1.26 bits per heavy atom. The zero-order valence-electron chi connectivity index (χ0n) is 12.1. The van der Waals surface area contributed by atoms with Gasteiger partial charge < -0.3 is 10.3 Å². The highest BCUT2D eigenvalue weighted by Crippen LogP contribution is 2.28. The van der Waals surface area contributed by atoms with Gasteiger partial charge >= 0.3 is 0 Å². The Balaban J connectivity index is 2.02. The molecule has 104 valence electrons. The Morgan fingerprint density at radius 2 is 2.05 bits per heavy atom. The molecular weight excluding hydrogens is 252 g/mol. The van der Waals surface area contributed by atoms with Crippen molar-refractivity contribution in [3.8, 4) is 0 Å². The Hall–Kier alpha value is -0.930. The highest BCUT2D eigenvalue weighted by atomic mass is 32.2. The third-order valence-electron chi connectivity index (χ3n) is 3.48. The maximum Gasteiger partial charge on any atom is 0.0735 e. The van der Waals surface area contributed by atoms with Crippen molar-refractivity contribution in [1.82, 2.24) is 10.3 Å². The average molecular weight is 276 g/mol. The number of thioether (sulfide) groups is 1. The lowest BCUT2D eigenvalue weighted by Crippen LogP contribution is -2.36. The van der Waals surface area contributed by atoms with Crippen molar-refractivity contribution in [1.29, 1.82) is 0 Å². The number of hydrogen-bond donors (Lipinski definition) is 2. The van der Waals surface area contributed by atoms with Crippen LogP contribution in [0.5, 0.6) is 0 Å². The number of fused-ring (bicyclic) bond motifs is 1. The zero-order valence-corrected chi connectivity index (χ0v) is 12.9. The fraction of sp³-hybridized carbons (Fsp3) is 0.500. The van der Waals surface area contributed by atoms with Crippen molar-refractivity contribution in [3.05, 3.63) is 30.3 Å². The van der Waals surface area contributed by atoms with Crippen LogP contribution < -0.4 is 5.32 Å². The van der Waals surface area contributed by atoms with Gasteiger partial charge in [0, 0.05) is 22.2 Å². The molecule has 2 N–H and O–H groups in total. The molecule has 2 rings (SSSR count). The van der Waals surface area contributed by atoms with E-state index in [0.29, 0.717) is 11.3 Å². The number of rotatable bonds is 7. The fourth-order valence-electron chi connectivity index (χ4n) is 2.36. The van der Waals surface area contributed by atoms with Gasteiger partial charge in [0.1, 0.15) is 0 Å². The summed E-state index contributed by atoms with van der Waals surface area (Å²) in [5.41, 5.74) is 1.23. The highest BCUT2D eigenvalue weighted by molar-refractivity contribution is 7.99. The van der Waals surface area contributed by atoms with Crippen LogP contribution in [0.2, 0.25) is 0 Å². The molecule has 0 aliphatic carbocycles. The monoisotopic (exact) mass is 276 g/mol. The van der Waals surface area contributed by atoms with Crippen LogP contribution in [0.4, 0.5) is 0 Å². The highest BCUT2D eigenvalue weighted by Gasteiger charge is 2.16. The normalized spacial score (nSPS) is 14.7. The first-order valence-corrected chi connectivity index (χ1v) is 8.10. The summed E-state index contributed by atoms with van der Waals surface area (Å²) in [4.78, 5) is 3.50. The fourth-order valence-corrected chi connectivity index (χ4v) is 3.58. The van der Waals surface area contributed by atoms with Gasteiger partial charge in [-0.05, 0) is 31.5 Å². The minimum Gasteiger partial charge on any atom is -0.350 e. The summed E-state index contributed by atoms with van der Waals surface area (Å²) in [6.07, 6.45) is 2.37. The first-order chi connectivity index (χ1) is 9.24. The van der Waals surface area contributed by atoms with Crippen LogP contribution in [0, 0.1) is 0 Å². The molecule has 2 aromatic rings.